The SMILES string of the molecule is O=C(/C=C/c1cccc([N+](=O)[O-])c1)N1CC[C@@H](O)C1. The molecule has 0 bridgehead atoms. The standard InChI is InChI=1S/C13H14N2O4/c16-12-6-7-14(9-12)13(17)5-4-10-2-1-3-11(8-10)15(18)19/h1-5,8,12,16H,6-7,9H2/b5-4+/t12-/m1/s1. The maximum absolute atomic E-state index is 11.8. The Labute approximate surface area is 110 Å². The number of carbonyl (C=O) groups is 1. The van der Waals surface area contributed by atoms with Crippen LogP contribution in [-0.4, -0.2) is 40.0 Å². The zero-order valence-electron chi connectivity index (χ0n) is 10.2. The maximum Gasteiger partial charge on any atom is 0.270 e. The first kappa shape index (κ1) is 13.2. The number of hydrogen-bond acceptors (Lipinski definition) is 4. The number of aliphatic hydroxyl groups is 1. The number of likely N-dealkylation sites (tertiary alicyclic amines) is 1. The molecule has 1 aromatic rings. The van der Waals surface area contributed by atoms with E-state index in [4.69, 9.17) is 0 Å². The number of non-ortho nitro benzene ring substituents is 1. The second kappa shape index (κ2) is 5.62. The van der Waals surface area contributed by atoms with Crippen molar-refractivity contribution >= 4 is 17.7 Å². The van der Waals surface area contributed by atoms with Crippen LogP contribution in [0.25, 0.3) is 6.08 Å². The number of rotatable bonds is 3. The van der Waals surface area contributed by atoms with Gasteiger partial charge < -0.3 is 10.0 Å². The minimum absolute atomic E-state index is 0.00815. The summed E-state index contributed by atoms with van der Waals surface area (Å²) in [5.41, 5.74) is 0.591. The molecule has 100 valence electrons. The monoisotopic (exact) mass is 262 g/mol. The first-order valence-electron chi connectivity index (χ1n) is 5.96. The van der Waals surface area contributed by atoms with Gasteiger partial charge in [-0.25, -0.2) is 0 Å². The van der Waals surface area contributed by atoms with Gasteiger partial charge in [0, 0.05) is 31.3 Å². The van der Waals surface area contributed by atoms with Crippen LogP contribution in [0.2, 0.25) is 0 Å². The van der Waals surface area contributed by atoms with Crippen LogP contribution in [0.5, 0.6) is 0 Å². The third kappa shape index (κ3) is 3.38. The van der Waals surface area contributed by atoms with Gasteiger partial charge in [0.15, 0.2) is 0 Å². The smallest absolute Gasteiger partial charge is 0.270 e. The van der Waals surface area contributed by atoms with Crippen molar-refractivity contribution in [1.82, 2.24) is 4.90 Å². The van der Waals surface area contributed by atoms with E-state index in [1.54, 1.807) is 23.1 Å². The largest absolute Gasteiger partial charge is 0.391 e. The molecule has 1 aliphatic rings. The Balaban J connectivity index is 2.04. The molecule has 1 atom stereocenters. The van der Waals surface area contributed by atoms with E-state index in [-0.39, 0.29) is 11.6 Å². The Bertz CT molecular complexity index is 527. The molecule has 0 spiro atoms. The maximum atomic E-state index is 11.8. The number of nitrogens with zero attached hydrogens (tertiary/aromatic N) is 2. The molecule has 0 unspecified atom stereocenters. The van der Waals surface area contributed by atoms with Crippen LogP contribution in [0.15, 0.2) is 30.3 Å². The van der Waals surface area contributed by atoms with Crippen molar-refractivity contribution in [2.24, 2.45) is 0 Å². The lowest BCUT2D eigenvalue weighted by molar-refractivity contribution is -0.384. The molecule has 1 saturated heterocycles. The molecule has 6 heteroatoms. The number of nitro benzene ring substituents is 1. The lowest BCUT2D eigenvalue weighted by Gasteiger charge is -2.12. The van der Waals surface area contributed by atoms with Crippen LogP contribution in [0.1, 0.15) is 12.0 Å². The Kier molecular flexibility index (Phi) is 3.91. The third-order valence-electron chi connectivity index (χ3n) is 2.97. The zero-order valence-corrected chi connectivity index (χ0v) is 10.2. The minimum atomic E-state index is -0.476. The fourth-order valence-corrected chi connectivity index (χ4v) is 1.96. The van der Waals surface area contributed by atoms with E-state index in [9.17, 15) is 20.0 Å². The van der Waals surface area contributed by atoms with Gasteiger partial charge in [0.2, 0.25) is 5.91 Å². The average molecular weight is 262 g/mol. The highest BCUT2D eigenvalue weighted by atomic mass is 16.6. The summed E-state index contributed by atoms with van der Waals surface area (Å²) >= 11 is 0. The van der Waals surface area contributed by atoms with Crippen molar-refractivity contribution in [2.75, 3.05) is 13.1 Å². The van der Waals surface area contributed by atoms with Crippen molar-refractivity contribution < 1.29 is 14.8 Å². The number of β-amino-alcohol motifs (C(OH)–C–C–N with tert-alkyl or cyclic N) is 1. The molecular weight excluding hydrogens is 248 g/mol. The highest BCUT2D eigenvalue weighted by Gasteiger charge is 2.22. The third-order valence-corrected chi connectivity index (χ3v) is 2.97. The number of aliphatic hydroxyl groups excluding tert-OH is 1. The molecule has 1 aliphatic heterocycles. The zero-order chi connectivity index (χ0) is 13.8. The summed E-state index contributed by atoms with van der Waals surface area (Å²) in [5.74, 6) is -0.192. The summed E-state index contributed by atoms with van der Waals surface area (Å²) in [7, 11) is 0. The lowest BCUT2D eigenvalue weighted by Crippen LogP contribution is -2.27. The van der Waals surface area contributed by atoms with Gasteiger partial charge in [0.05, 0.1) is 11.0 Å². The molecule has 1 fully saturated rings. The number of hydrogen-bond donors (Lipinski definition) is 1. The Morgan fingerprint density at radius 3 is 2.95 bits per heavy atom. The predicted octanol–water partition coefficient (Wildman–Crippen LogP) is 1.20. The molecule has 1 amide bonds. The van der Waals surface area contributed by atoms with Crippen molar-refractivity contribution in [3.63, 3.8) is 0 Å². The minimum Gasteiger partial charge on any atom is -0.391 e. The van der Waals surface area contributed by atoms with Gasteiger partial charge in [-0.2, -0.15) is 0 Å². The highest BCUT2D eigenvalue weighted by molar-refractivity contribution is 5.92. The van der Waals surface area contributed by atoms with Crippen LogP contribution in [0, 0.1) is 10.1 Å². The van der Waals surface area contributed by atoms with Crippen LogP contribution in [0.4, 0.5) is 5.69 Å². The quantitative estimate of drug-likeness (QED) is 0.504. The summed E-state index contributed by atoms with van der Waals surface area (Å²) in [4.78, 5) is 23.5. The van der Waals surface area contributed by atoms with Crippen molar-refractivity contribution in [1.29, 1.82) is 0 Å². The van der Waals surface area contributed by atoms with Crippen LogP contribution < -0.4 is 0 Å². The molecular formula is C13H14N2O4. The van der Waals surface area contributed by atoms with E-state index in [0.717, 1.165) is 0 Å². The summed E-state index contributed by atoms with van der Waals surface area (Å²) in [6.45, 7) is 0.886. The van der Waals surface area contributed by atoms with Crippen molar-refractivity contribution in [3.8, 4) is 0 Å². The van der Waals surface area contributed by atoms with E-state index in [1.807, 2.05) is 0 Å². The number of benzene rings is 1. The molecule has 0 aromatic heterocycles. The highest BCUT2D eigenvalue weighted by Crippen LogP contribution is 2.15. The first-order valence-corrected chi connectivity index (χ1v) is 5.96. The van der Waals surface area contributed by atoms with Gasteiger partial charge in [-0.05, 0) is 18.1 Å². The molecule has 19 heavy (non-hydrogen) atoms. The van der Waals surface area contributed by atoms with Crippen molar-refractivity contribution in [3.05, 3.63) is 46.0 Å². The van der Waals surface area contributed by atoms with Gasteiger partial charge in [0.1, 0.15) is 0 Å². The second-order valence-corrected chi connectivity index (χ2v) is 4.41. The molecule has 0 radical (unpaired) electrons. The Morgan fingerprint density at radius 1 is 1.53 bits per heavy atom. The van der Waals surface area contributed by atoms with Gasteiger partial charge in [-0.1, -0.05) is 12.1 Å². The van der Waals surface area contributed by atoms with Crippen molar-refractivity contribution in [2.45, 2.75) is 12.5 Å². The van der Waals surface area contributed by atoms with E-state index in [0.29, 0.717) is 25.1 Å². The van der Waals surface area contributed by atoms with Crippen LogP contribution in [-0.2, 0) is 4.79 Å². The molecule has 1 heterocycles. The molecule has 0 saturated carbocycles. The number of amides is 1. The van der Waals surface area contributed by atoms with Gasteiger partial charge in [-0.3, -0.25) is 14.9 Å². The molecule has 6 nitrogen and oxygen atoms in total. The van der Waals surface area contributed by atoms with Crippen LogP contribution in [0.3, 0.4) is 0 Å². The molecule has 1 N–H and O–H groups in total. The summed E-state index contributed by atoms with van der Waals surface area (Å²) in [5, 5.41) is 20.0. The topological polar surface area (TPSA) is 83.7 Å². The van der Waals surface area contributed by atoms with E-state index in [1.165, 1.54) is 18.2 Å². The molecule has 2 rings (SSSR count). The Hall–Kier alpha value is -2.21. The van der Waals surface area contributed by atoms with Gasteiger partial charge in [0.25, 0.3) is 5.69 Å². The summed E-state index contributed by atoms with van der Waals surface area (Å²) in [6.07, 6.45) is 3.06. The second-order valence-electron chi connectivity index (χ2n) is 4.41. The van der Waals surface area contributed by atoms with E-state index >= 15 is 0 Å². The number of nitro groups is 1. The van der Waals surface area contributed by atoms with E-state index in [2.05, 4.69) is 0 Å². The molecule has 0 aliphatic carbocycles. The summed E-state index contributed by atoms with van der Waals surface area (Å²) < 4.78 is 0. The first-order chi connectivity index (χ1) is 9.06. The molecule has 1 aromatic carbocycles. The van der Waals surface area contributed by atoms with Gasteiger partial charge >= 0.3 is 0 Å². The normalized spacial score (nSPS) is 19.0. The fraction of sp³-hybridized carbons (Fsp3) is 0.308. The predicted molar refractivity (Wildman–Crippen MR) is 69.3 cm³/mol. The number of carbonyl (C=O) groups excluding carboxylic acids is 1. The van der Waals surface area contributed by atoms with E-state index < -0.39 is 11.0 Å². The average Bonchev–Trinajstić information content (AvgIpc) is 2.83. The van der Waals surface area contributed by atoms with Gasteiger partial charge in [-0.15, -0.1) is 0 Å². The van der Waals surface area contributed by atoms with Crippen LogP contribution >= 0.6 is 0 Å². The Morgan fingerprint density at radius 2 is 2.32 bits per heavy atom. The fourth-order valence-electron chi connectivity index (χ4n) is 1.96. The summed E-state index contributed by atoms with van der Waals surface area (Å²) in [6, 6.07) is 6.07. The lowest BCUT2D eigenvalue weighted by atomic mass is 10.2.